The Morgan fingerprint density at radius 2 is 2.00 bits per heavy atom. The van der Waals surface area contributed by atoms with Gasteiger partial charge in [-0.1, -0.05) is 35.9 Å². The number of carbonyl (C=O) groups is 1. The molecule has 0 saturated carbocycles. The number of esters is 1. The van der Waals surface area contributed by atoms with Crippen LogP contribution >= 0.6 is 0 Å². The maximum absolute atomic E-state index is 11.4. The molecule has 0 aliphatic carbocycles. The van der Waals surface area contributed by atoms with Crippen LogP contribution in [0.4, 0.5) is 0 Å². The summed E-state index contributed by atoms with van der Waals surface area (Å²) in [6.45, 7) is 5.49. The van der Waals surface area contributed by atoms with E-state index in [1.54, 1.807) is 12.1 Å². The molecule has 2 atom stereocenters. The average molecular weight is 220 g/mol. The van der Waals surface area contributed by atoms with E-state index < -0.39 is 18.0 Å². The number of hydrogen-bond acceptors (Lipinski definition) is 3. The molecule has 16 heavy (non-hydrogen) atoms. The number of hydrogen-bond donors (Lipinski definition) is 1. The van der Waals surface area contributed by atoms with E-state index >= 15 is 0 Å². The molecule has 3 nitrogen and oxygen atoms in total. The van der Waals surface area contributed by atoms with Crippen LogP contribution < -0.4 is 0 Å². The number of rotatable bonds is 4. The minimum Gasteiger partial charge on any atom is -0.468 e. The lowest BCUT2D eigenvalue weighted by Crippen LogP contribution is -2.21. The quantitative estimate of drug-likeness (QED) is 0.623. The first kappa shape index (κ1) is 12.5. The van der Waals surface area contributed by atoms with Crippen molar-refractivity contribution in [1.82, 2.24) is 0 Å². The Morgan fingerprint density at radius 3 is 2.44 bits per heavy atom. The highest BCUT2D eigenvalue weighted by molar-refractivity contribution is 5.75. The minimum atomic E-state index is -0.912. The predicted octanol–water partition coefficient (Wildman–Crippen LogP) is 2.00. The summed E-state index contributed by atoms with van der Waals surface area (Å²) in [5, 5.41) is 10.0. The molecule has 1 aromatic carbocycles. The summed E-state index contributed by atoms with van der Waals surface area (Å²) in [5.41, 5.74) is 1.78. The van der Waals surface area contributed by atoms with Crippen LogP contribution in [0.2, 0.25) is 0 Å². The third-order valence-corrected chi connectivity index (χ3v) is 2.49. The third-order valence-electron chi connectivity index (χ3n) is 2.49. The van der Waals surface area contributed by atoms with Crippen molar-refractivity contribution in [2.24, 2.45) is 5.92 Å². The maximum Gasteiger partial charge on any atom is 0.315 e. The Morgan fingerprint density at radius 1 is 1.44 bits per heavy atom. The first-order valence-electron chi connectivity index (χ1n) is 5.05. The van der Waals surface area contributed by atoms with Crippen molar-refractivity contribution in [2.75, 3.05) is 7.11 Å². The van der Waals surface area contributed by atoms with E-state index in [1.807, 2.05) is 19.1 Å². The van der Waals surface area contributed by atoms with Crippen LogP contribution in [-0.2, 0) is 9.53 Å². The van der Waals surface area contributed by atoms with Gasteiger partial charge in [0.15, 0.2) is 0 Å². The van der Waals surface area contributed by atoms with E-state index in [9.17, 15) is 9.90 Å². The number of benzene rings is 1. The van der Waals surface area contributed by atoms with E-state index in [0.29, 0.717) is 5.56 Å². The van der Waals surface area contributed by atoms with Gasteiger partial charge in [-0.15, -0.1) is 6.58 Å². The number of carbonyl (C=O) groups excluding carboxylic acids is 1. The molecule has 1 N–H and O–H groups in total. The zero-order valence-electron chi connectivity index (χ0n) is 9.51. The minimum absolute atomic E-state index is 0.483. The Balaban J connectivity index is 2.90. The smallest absolute Gasteiger partial charge is 0.315 e. The summed E-state index contributed by atoms with van der Waals surface area (Å²) in [7, 11) is 1.29. The van der Waals surface area contributed by atoms with Crippen LogP contribution in [0, 0.1) is 12.8 Å². The maximum atomic E-state index is 11.4. The molecular weight excluding hydrogens is 204 g/mol. The second-order valence-electron chi connectivity index (χ2n) is 3.64. The van der Waals surface area contributed by atoms with E-state index in [1.165, 1.54) is 13.2 Å². The van der Waals surface area contributed by atoms with Gasteiger partial charge >= 0.3 is 5.97 Å². The standard InChI is InChI=1S/C13H16O3/c1-4-11(13(15)16-3)12(14)10-7-5-9(2)6-8-10/h4-8,11-12,14H,1H2,2-3H3/t11-,12-/m1/s1. The fraction of sp³-hybridized carbons (Fsp3) is 0.308. The van der Waals surface area contributed by atoms with Gasteiger partial charge < -0.3 is 9.84 Å². The van der Waals surface area contributed by atoms with Gasteiger partial charge in [0.05, 0.1) is 13.2 Å². The van der Waals surface area contributed by atoms with Crippen LogP contribution in [0.3, 0.4) is 0 Å². The lowest BCUT2D eigenvalue weighted by Gasteiger charge is -2.17. The summed E-state index contributed by atoms with van der Waals surface area (Å²) < 4.78 is 4.60. The summed E-state index contributed by atoms with van der Waals surface area (Å²) in [4.78, 5) is 11.4. The van der Waals surface area contributed by atoms with Crippen LogP contribution in [0.5, 0.6) is 0 Å². The van der Waals surface area contributed by atoms with Gasteiger partial charge in [0.1, 0.15) is 5.92 Å². The lowest BCUT2D eigenvalue weighted by atomic mass is 9.95. The van der Waals surface area contributed by atoms with Crippen LogP contribution in [-0.4, -0.2) is 18.2 Å². The molecule has 1 aromatic rings. The second kappa shape index (κ2) is 5.47. The van der Waals surface area contributed by atoms with Crippen molar-refractivity contribution in [3.8, 4) is 0 Å². The van der Waals surface area contributed by atoms with E-state index in [0.717, 1.165) is 5.56 Å². The van der Waals surface area contributed by atoms with Gasteiger partial charge in [0.25, 0.3) is 0 Å². The molecule has 0 radical (unpaired) electrons. The molecule has 0 amide bonds. The molecule has 0 saturated heterocycles. The molecule has 0 fully saturated rings. The van der Waals surface area contributed by atoms with Crippen LogP contribution in [0.1, 0.15) is 17.2 Å². The Labute approximate surface area is 95.4 Å². The van der Waals surface area contributed by atoms with Crippen molar-refractivity contribution in [2.45, 2.75) is 13.0 Å². The zero-order valence-corrected chi connectivity index (χ0v) is 9.51. The summed E-state index contributed by atoms with van der Waals surface area (Å²) in [5.74, 6) is -1.21. The first-order valence-corrected chi connectivity index (χ1v) is 5.05. The van der Waals surface area contributed by atoms with Gasteiger partial charge in [-0.25, -0.2) is 0 Å². The van der Waals surface area contributed by atoms with Crippen molar-refractivity contribution < 1.29 is 14.6 Å². The van der Waals surface area contributed by atoms with E-state index in [2.05, 4.69) is 11.3 Å². The molecule has 86 valence electrons. The third kappa shape index (κ3) is 2.70. The molecule has 0 aromatic heterocycles. The largest absolute Gasteiger partial charge is 0.468 e. The summed E-state index contributed by atoms with van der Waals surface area (Å²) in [6.07, 6.45) is 0.488. The van der Waals surface area contributed by atoms with Crippen LogP contribution in [0.15, 0.2) is 36.9 Å². The fourth-order valence-corrected chi connectivity index (χ4v) is 1.46. The van der Waals surface area contributed by atoms with Crippen molar-refractivity contribution in [3.05, 3.63) is 48.0 Å². The normalized spacial score (nSPS) is 13.9. The highest BCUT2D eigenvalue weighted by Gasteiger charge is 2.25. The van der Waals surface area contributed by atoms with Crippen LogP contribution in [0.25, 0.3) is 0 Å². The number of aryl methyl sites for hydroxylation is 1. The summed E-state index contributed by atoms with van der Waals surface area (Å²) in [6, 6.07) is 7.35. The van der Waals surface area contributed by atoms with Gasteiger partial charge in [-0.05, 0) is 12.5 Å². The second-order valence-corrected chi connectivity index (χ2v) is 3.64. The molecule has 3 heteroatoms. The Hall–Kier alpha value is -1.61. The molecule has 0 aliphatic heterocycles. The van der Waals surface area contributed by atoms with Gasteiger partial charge in [-0.2, -0.15) is 0 Å². The van der Waals surface area contributed by atoms with Crippen molar-refractivity contribution in [1.29, 1.82) is 0 Å². The number of aliphatic hydroxyl groups is 1. The summed E-state index contributed by atoms with van der Waals surface area (Å²) >= 11 is 0. The van der Waals surface area contributed by atoms with E-state index in [-0.39, 0.29) is 0 Å². The van der Waals surface area contributed by atoms with Gasteiger partial charge in [0, 0.05) is 0 Å². The number of aliphatic hydroxyl groups excluding tert-OH is 1. The zero-order chi connectivity index (χ0) is 12.1. The molecule has 1 rings (SSSR count). The first-order chi connectivity index (χ1) is 7.60. The van der Waals surface area contributed by atoms with Gasteiger partial charge in [-0.3, -0.25) is 4.79 Å². The number of methoxy groups -OCH3 is 1. The fourth-order valence-electron chi connectivity index (χ4n) is 1.46. The molecule has 0 aliphatic rings. The molecular formula is C13H16O3. The predicted molar refractivity (Wildman–Crippen MR) is 61.8 cm³/mol. The van der Waals surface area contributed by atoms with Gasteiger partial charge in [0.2, 0.25) is 0 Å². The number of ether oxygens (including phenoxy) is 1. The highest BCUT2D eigenvalue weighted by atomic mass is 16.5. The average Bonchev–Trinajstić information content (AvgIpc) is 2.30. The molecule has 0 unspecified atom stereocenters. The monoisotopic (exact) mass is 220 g/mol. The molecule has 0 spiro atoms. The van der Waals surface area contributed by atoms with E-state index in [4.69, 9.17) is 0 Å². The van der Waals surface area contributed by atoms with Crippen molar-refractivity contribution >= 4 is 5.97 Å². The topological polar surface area (TPSA) is 46.5 Å². The lowest BCUT2D eigenvalue weighted by molar-refractivity contribution is -0.147. The Bertz CT molecular complexity index is 367. The molecule has 0 bridgehead atoms. The Kier molecular flexibility index (Phi) is 4.26. The SMILES string of the molecule is C=C[C@@H](C(=O)OC)[C@H](O)c1ccc(C)cc1. The highest BCUT2D eigenvalue weighted by Crippen LogP contribution is 2.24. The molecule has 0 heterocycles. The van der Waals surface area contributed by atoms with Crippen molar-refractivity contribution in [3.63, 3.8) is 0 Å².